The van der Waals surface area contributed by atoms with Gasteiger partial charge in [0, 0.05) is 44.3 Å². The van der Waals surface area contributed by atoms with Crippen molar-refractivity contribution in [3.63, 3.8) is 0 Å². The van der Waals surface area contributed by atoms with Crippen LogP contribution in [0.3, 0.4) is 0 Å². The first-order valence-corrected chi connectivity index (χ1v) is 9.54. The molecule has 132 valence electrons. The fraction of sp³-hybridized carbons (Fsp3) is 0.500. The number of nitrogens with zero attached hydrogens (tertiary/aromatic N) is 4. The summed E-state index contributed by atoms with van der Waals surface area (Å²) in [5, 5.41) is 0. The number of anilines is 3. The Morgan fingerprint density at radius 1 is 0.760 bits per heavy atom. The zero-order valence-electron chi connectivity index (χ0n) is 14.8. The number of piperidine rings is 2. The molecule has 2 aromatic heterocycles. The molecule has 2 fully saturated rings. The largest absolute Gasteiger partial charge is 0.395 e. The molecule has 0 unspecified atom stereocenters. The van der Waals surface area contributed by atoms with Gasteiger partial charge in [-0.3, -0.25) is 9.97 Å². The lowest BCUT2D eigenvalue weighted by atomic mass is 10.1. The van der Waals surface area contributed by atoms with Crippen molar-refractivity contribution in [3.8, 4) is 11.4 Å². The summed E-state index contributed by atoms with van der Waals surface area (Å²) in [5.41, 5.74) is 11.3. The summed E-state index contributed by atoms with van der Waals surface area (Å²) < 4.78 is 0. The molecule has 0 bridgehead atoms. The van der Waals surface area contributed by atoms with Crippen molar-refractivity contribution < 1.29 is 0 Å². The normalized spacial score (nSPS) is 18.4. The number of aromatic nitrogens is 2. The highest BCUT2D eigenvalue weighted by Crippen LogP contribution is 2.34. The maximum Gasteiger partial charge on any atom is 0.114 e. The van der Waals surface area contributed by atoms with Crippen LogP contribution in [0.5, 0.6) is 0 Å². The highest BCUT2D eigenvalue weighted by atomic mass is 15.1. The molecular formula is C20H27N5. The lowest BCUT2D eigenvalue weighted by molar-refractivity contribution is 0.577. The molecule has 2 aliphatic heterocycles. The molecular weight excluding hydrogens is 310 g/mol. The zero-order chi connectivity index (χ0) is 17.1. The maximum absolute atomic E-state index is 6.52. The van der Waals surface area contributed by atoms with Gasteiger partial charge in [0.15, 0.2) is 0 Å². The molecule has 0 amide bonds. The first kappa shape index (κ1) is 16.2. The van der Waals surface area contributed by atoms with E-state index < -0.39 is 0 Å². The molecule has 0 saturated carbocycles. The topological polar surface area (TPSA) is 58.3 Å². The molecule has 0 spiro atoms. The third-order valence-electron chi connectivity index (χ3n) is 5.37. The molecule has 0 aliphatic carbocycles. The molecule has 5 nitrogen and oxygen atoms in total. The van der Waals surface area contributed by atoms with E-state index in [4.69, 9.17) is 5.73 Å². The van der Waals surface area contributed by atoms with Crippen molar-refractivity contribution in [2.45, 2.75) is 38.5 Å². The highest BCUT2D eigenvalue weighted by molar-refractivity contribution is 5.82. The van der Waals surface area contributed by atoms with Crippen LogP contribution in [0, 0.1) is 0 Å². The molecule has 2 aliphatic rings. The van der Waals surface area contributed by atoms with E-state index in [-0.39, 0.29) is 0 Å². The van der Waals surface area contributed by atoms with Gasteiger partial charge < -0.3 is 15.5 Å². The standard InChI is InChI=1S/C20H27N5/c21-19-18(25-13-5-2-6-14-25)8-10-23-20(19)17-15-16(7-9-22-17)24-11-3-1-4-12-24/h7-10,15H,1-6,11-14,21H2. The third kappa shape index (κ3) is 3.41. The van der Waals surface area contributed by atoms with Crippen LogP contribution in [-0.4, -0.2) is 36.1 Å². The Balaban J connectivity index is 1.65. The van der Waals surface area contributed by atoms with Gasteiger partial charge in [-0.1, -0.05) is 0 Å². The monoisotopic (exact) mass is 337 g/mol. The minimum atomic E-state index is 0.757. The Hall–Kier alpha value is -2.30. The Morgan fingerprint density at radius 3 is 2.12 bits per heavy atom. The highest BCUT2D eigenvalue weighted by Gasteiger charge is 2.18. The van der Waals surface area contributed by atoms with E-state index in [1.807, 2.05) is 18.5 Å². The van der Waals surface area contributed by atoms with Gasteiger partial charge in [-0.2, -0.15) is 0 Å². The second-order valence-electron chi connectivity index (χ2n) is 7.09. The quantitative estimate of drug-likeness (QED) is 0.925. The molecule has 4 rings (SSSR count). The van der Waals surface area contributed by atoms with Gasteiger partial charge in [-0.25, -0.2) is 0 Å². The molecule has 0 atom stereocenters. The predicted molar refractivity (Wildman–Crippen MR) is 104 cm³/mol. The van der Waals surface area contributed by atoms with Crippen LogP contribution in [0.15, 0.2) is 30.6 Å². The number of hydrogen-bond acceptors (Lipinski definition) is 5. The number of rotatable bonds is 3. The maximum atomic E-state index is 6.52. The van der Waals surface area contributed by atoms with Gasteiger partial charge in [0.25, 0.3) is 0 Å². The second-order valence-corrected chi connectivity index (χ2v) is 7.09. The van der Waals surface area contributed by atoms with Crippen LogP contribution in [0.4, 0.5) is 17.1 Å². The first-order valence-electron chi connectivity index (χ1n) is 9.54. The fourth-order valence-corrected chi connectivity index (χ4v) is 3.98. The van der Waals surface area contributed by atoms with E-state index in [9.17, 15) is 0 Å². The Morgan fingerprint density at radius 2 is 1.40 bits per heavy atom. The van der Waals surface area contributed by atoms with Crippen LogP contribution >= 0.6 is 0 Å². The van der Waals surface area contributed by atoms with Crippen molar-refractivity contribution in [2.75, 3.05) is 41.7 Å². The minimum Gasteiger partial charge on any atom is -0.395 e. The zero-order valence-corrected chi connectivity index (χ0v) is 14.8. The van der Waals surface area contributed by atoms with Gasteiger partial charge in [0.1, 0.15) is 5.69 Å². The fourth-order valence-electron chi connectivity index (χ4n) is 3.98. The second kappa shape index (κ2) is 7.30. The summed E-state index contributed by atoms with van der Waals surface area (Å²) in [7, 11) is 0. The molecule has 0 radical (unpaired) electrons. The smallest absolute Gasteiger partial charge is 0.114 e. The van der Waals surface area contributed by atoms with Gasteiger partial charge in [-0.05, 0) is 56.7 Å². The van der Waals surface area contributed by atoms with Crippen molar-refractivity contribution >= 4 is 17.1 Å². The molecule has 4 heterocycles. The van der Waals surface area contributed by atoms with Crippen LogP contribution in [0.1, 0.15) is 38.5 Å². The van der Waals surface area contributed by atoms with Crippen molar-refractivity contribution in [1.82, 2.24) is 9.97 Å². The molecule has 5 heteroatoms. The summed E-state index contributed by atoms with van der Waals surface area (Å²) in [5.74, 6) is 0. The van der Waals surface area contributed by atoms with E-state index in [0.29, 0.717) is 0 Å². The lowest BCUT2D eigenvalue weighted by Gasteiger charge is -2.30. The summed E-state index contributed by atoms with van der Waals surface area (Å²) >= 11 is 0. The number of nitrogens with two attached hydrogens (primary N) is 1. The van der Waals surface area contributed by atoms with Gasteiger partial charge in [-0.15, -0.1) is 0 Å². The SMILES string of the molecule is Nc1c(N2CCCCC2)ccnc1-c1cc(N2CCCCC2)ccn1. The van der Waals surface area contributed by atoms with Crippen molar-refractivity contribution in [2.24, 2.45) is 0 Å². The van der Waals surface area contributed by atoms with Gasteiger partial charge in [0.05, 0.1) is 17.1 Å². The summed E-state index contributed by atoms with van der Waals surface area (Å²) in [6, 6.07) is 6.28. The summed E-state index contributed by atoms with van der Waals surface area (Å²) in [6.45, 7) is 4.41. The lowest BCUT2D eigenvalue weighted by Crippen LogP contribution is -2.30. The molecule has 0 aromatic carbocycles. The number of nitrogen functional groups attached to an aromatic ring is 1. The van der Waals surface area contributed by atoms with Crippen molar-refractivity contribution in [3.05, 3.63) is 30.6 Å². The van der Waals surface area contributed by atoms with Gasteiger partial charge >= 0.3 is 0 Å². The van der Waals surface area contributed by atoms with Crippen LogP contribution in [0.2, 0.25) is 0 Å². The molecule has 2 aromatic rings. The van der Waals surface area contributed by atoms with Gasteiger partial charge in [0.2, 0.25) is 0 Å². The van der Waals surface area contributed by atoms with Crippen LogP contribution in [0.25, 0.3) is 11.4 Å². The molecule has 2 N–H and O–H groups in total. The summed E-state index contributed by atoms with van der Waals surface area (Å²) in [6.07, 6.45) is 11.4. The minimum absolute atomic E-state index is 0.757. The van der Waals surface area contributed by atoms with E-state index >= 15 is 0 Å². The van der Waals surface area contributed by atoms with E-state index in [0.717, 1.165) is 48.9 Å². The molecule has 2 saturated heterocycles. The predicted octanol–water partition coefficient (Wildman–Crippen LogP) is 3.71. The van der Waals surface area contributed by atoms with E-state index in [2.05, 4.69) is 31.9 Å². The Labute approximate surface area is 149 Å². The van der Waals surface area contributed by atoms with E-state index in [1.54, 1.807) is 0 Å². The van der Waals surface area contributed by atoms with Crippen molar-refractivity contribution in [1.29, 1.82) is 0 Å². The third-order valence-corrected chi connectivity index (χ3v) is 5.37. The van der Waals surface area contributed by atoms with E-state index in [1.165, 1.54) is 44.2 Å². The van der Waals surface area contributed by atoms with Crippen LogP contribution in [-0.2, 0) is 0 Å². The Kier molecular flexibility index (Phi) is 4.72. The first-order chi connectivity index (χ1) is 12.3. The van der Waals surface area contributed by atoms with Crippen LogP contribution < -0.4 is 15.5 Å². The average Bonchev–Trinajstić information content (AvgIpc) is 2.70. The number of hydrogen-bond donors (Lipinski definition) is 1. The Bertz CT molecular complexity index is 718. The average molecular weight is 337 g/mol. The number of pyridine rings is 2. The summed E-state index contributed by atoms with van der Waals surface area (Å²) in [4.78, 5) is 14.0. The molecule has 25 heavy (non-hydrogen) atoms.